The van der Waals surface area contributed by atoms with Crippen molar-refractivity contribution in [2.75, 3.05) is 11.9 Å². The van der Waals surface area contributed by atoms with Crippen LogP contribution in [0.4, 0.5) is 5.69 Å². The van der Waals surface area contributed by atoms with Crippen molar-refractivity contribution in [2.24, 2.45) is 5.10 Å². The number of hydrogen-bond donors (Lipinski definition) is 2. The van der Waals surface area contributed by atoms with Crippen LogP contribution in [-0.4, -0.2) is 39.0 Å². The van der Waals surface area contributed by atoms with Crippen LogP contribution in [0, 0.1) is 0 Å². The van der Waals surface area contributed by atoms with Gasteiger partial charge in [0.1, 0.15) is 5.82 Å². The number of nitrogens with one attached hydrogen (secondary N) is 2. The summed E-state index contributed by atoms with van der Waals surface area (Å²) in [6.45, 7) is 0.550. The van der Waals surface area contributed by atoms with E-state index >= 15 is 0 Å². The van der Waals surface area contributed by atoms with E-state index in [0.717, 1.165) is 40.1 Å². The van der Waals surface area contributed by atoms with Crippen LogP contribution in [-0.2, 0) is 9.59 Å². The minimum atomic E-state index is -0.203. The third-order valence-electron chi connectivity index (χ3n) is 5.59. The molecule has 2 heterocycles. The van der Waals surface area contributed by atoms with Crippen LogP contribution >= 0.6 is 0 Å². The van der Waals surface area contributed by atoms with Gasteiger partial charge in [0.05, 0.1) is 23.3 Å². The minimum Gasteiger partial charge on any atom is -0.338 e. The lowest BCUT2D eigenvalue weighted by Crippen LogP contribution is -2.24. The normalized spacial score (nSPS) is 13.2. The molecule has 0 fully saturated rings. The van der Waals surface area contributed by atoms with Crippen LogP contribution in [0.15, 0.2) is 84.0 Å². The van der Waals surface area contributed by atoms with Gasteiger partial charge < -0.3 is 10.3 Å². The fourth-order valence-corrected chi connectivity index (χ4v) is 3.84. The van der Waals surface area contributed by atoms with E-state index in [-0.39, 0.29) is 24.7 Å². The second kappa shape index (κ2) is 9.08. The van der Waals surface area contributed by atoms with Gasteiger partial charge in [-0.3, -0.25) is 9.59 Å². The zero-order valence-corrected chi connectivity index (χ0v) is 18.0. The summed E-state index contributed by atoms with van der Waals surface area (Å²) < 4.78 is 0. The molecule has 0 atom stereocenters. The molecule has 3 aromatic carbocycles. The quantitative estimate of drug-likeness (QED) is 0.462. The zero-order valence-electron chi connectivity index (χ0n) is 18.0. The largest absolute Gasteiger partial charge is 0.338 e. The molecule has 1 aromatic heterocycles. The number of aromatic amines is 1. The molecule has 4 aromatic rings. The Morgan fingerprint density at radius 2 is 1.64 bits per heavy atom. The summed E-state index contributed by atoms with van der Waals surface area (Å²) in [5.74, 6) is 0.434. The van der Waals surface area contributed by atoms with E-state index < -0.39 is 0 Å². The number of anilines is 1. The molecule has 0 aliphatic carbocycles. The second-order valence-electron chi connectivity index (χ2n) is 7.91. The second-order valence-corrected chi connectivity index (χ2v) is 7.91. The van der Waals surface area contributed by atoms with Crippen molar-refractivity contribution in [1.29, 1.82) is 0 Å². The first-order valence-corrected chi connectivity index (χ1v) is 10.9. The molecule has 2 amide bonds. The van der Waals surface area contributed by atoms with Gasteiger partial charge in [0, 0.05) is 30.5 Å². The average molecular weight is 438 g/mol. The SMILES string of the molecule is O=C(CCC(=O)N1CCC(c2ccccc2)=N1)Nc1ccc(-c2nc3ccccc3[nH]2)cc1. The molecular formula is C26H23N5O2. The number of aromatic nitrogens is 2. The maximum absolute atomic E-state index is 12.5. The number of para-hydroxylation sites is 2. The lowest BCUT2D eigenvalue weighted by atomic mass is 10.1. The van der Waals surface area contributed by atoms with E-state index in [4.69, 9.17) is 0 Å². The van der Waals surface area contributed by atoms with Crippen molar-refractivity contribution in [3.8, 4) is 11.4 Å². The standard InChI is InChI=1S/C26H23N5O2/c32-24(14-15-25(33)31-17-16-21(30-31)18-6-2-1-3-7-18)27-20-12-10-19(11-13-20)26-28-22-8-4-5-9-23(22)29-26/h1-13H,14-17H2,(H,27,32)(H,28,29). The Labute approximate surface area is 191 Å². The summed E-state index contributed by atoms with van der Waals surface area (Å²) in [7, 11) is 0. The summed E-state index contributed by atoms with van der Waals surface area (Å²) in [4.78, 5) is 32.7. The zero-order chi connectivity index (χ0) is 22.6. The molecule has 5 rings (SSSR count). The number of rotatable bonds is 6. The van der Waals surface area contributed by atoms with Gasteiger partial charge in [0.25, 0.3) is 0 Å². The molecule has 2 N–H and O–H groups in total. The summed E-state index contributed by atoms with van der Waals surface area (Å²) in [5.41, 5.74) is 5.42. The van der Waals surface area contributed by atoms with Crippen LogP contribution in [0.3, 0.4) is 0 Å². The highest BCUT2D eigenvalue weighted by Crippen LogP contribution is 2.22. The lowest BCUT2D eigenvalue weighted by Gasteiger charge is -2.11. The Morgan fingerprint density at radius 3 is 2.42 bits per heavy atom. The molecule has 0 saturated heterocycles. The van der Waals surface area contributed by atoms with Gasteiger partial charge in [-0.25, -0.2) is 9.99 Å². The topological polar surface area (TPSA) is 90.4 Å². The predicted molar refractivity (Wildman–Crippen MR) is 129 cm³/mol. The summed E-state index contributed by atoms with van der Waals surface area (Å²) in [6.07, 6.45) is 0.949. The number of carbonyl (C=O) groups excluding carboxylic acids is 2. The van der Waals surface area contributed by atoms with Gasteiger partial charge >= 0.3 is 0 Å². The van der Waals surface area contributed by atoms with E-state index in [1.165, 1.54) is 5.01 Å². The number of hydrazone groups is 1. The molecule has 0 spiro atoms. The van der Waals surface area contributed by atoms with Crippen LogP contribution in [0.1, 0.15) is 24.8 Å². The first kappa shape index (κ1) is 20.6. The molecule has 0 bridgehead atoms. The molecule has 7 heteroatoms. The Kier molecular flexibility index (Phi) is 5.68. The maximum atomic E-state index is 12.5. The Hall–Kier alpha value is -4.26. The number of fused-ring (bicyclic) bond motifs is 1. The number of nitrogens with zero attached hydrogens (tertiary/aromatic N) is 3. The van der Waals surface area contributed by atoms with E-state index in [2.05, 4.69) is 20.4 Å². The molecule has 1 aliphatic rings. The average Bonchev–Trinajstić information content (AvgIpc) is 3.51. The molecule has 7 nitrogen and oxygen atoms in total. The van der Waals surface area contributed by atoms with E-state index in [0.29, 0.717) is 12.2 Å². The van der Waals surface area contributed by atoms with Gasteiger partial charge in [-0.2, -0.15) is 5.10 Å². The molecule has 0 unspecified atom stereocenters. The number of hydrogen-bond acceptors (Lipinski definition) is 4. The fraction of sp³-hybridized carbons (Fsp3) is 0.154. The third-order valence-corrected chi connectivity index (χ3v) is 5.59. The molecule has 33 heavy (non-hydrogen) atoms. The van der Waals surface area contributed by atoms with Crippen LogP contribution < -0.4 is 5.32 Å². The Morgan fingerprint density at radius 1 is 0.879 bits per heavy atom. The highest BCUT2D eigenvalue weighted by molar-refractivity contribution is 6.02. The van der Waals surface area contributed by atoms with Crippen molar-refractivity contribution in [1.82, 2.24) is 15.0 Å². The molecule has 1 aliphatic heterocycles. The highest BCUT2D eigenvalue weighted by atomic mass is 16.2. The van der Waals surface area contributed by atoms with Crippen molar-refractivity contribution >= 4 is 34.2 Å². The monoisotopic (exact) mass is 437 g/mol. The van der Waals surface area contributed by atoms with Crippen molar-refractivity contribution in [3.05, 3.63) is 84.4 Å². The van der Waals surface area contributed by atoms with Gasteiger partial charge in [-0.05, 0) is 42.0 Å². The van der Waals surface area contributed by atoms with Crippen LogP contribution in [0.5, 0.6) is 0 Å². The van der Waals surface area contributed by atoms with Crippen LogP contribution in [0.2, 0.25) is 0 Å². The van der Waals surface area contributed by atoms with E-state index in [1.807, 2.05) is 78.9 Å². The van der Waals surface area contributed by atoms with Crippen molar-refractivity contribution < 1.29 is 9.59 Å². The third kappa shape index (κ3) is 4.67. The van der Waals surface area contributed by atoms with Gasteiger partial charge in [-0.1, -0.05) is 42.5 Å². The minimum absolute atomic E-state index is 0.108. The number of imidazole rings is 1. The number of benzene rings is 3. The first-order valence-electron chi connectivity index (χ1n) is 10.9. The highest BCUT2D eigenvalue weighted by Gasteiger charge is 2.22. The van der Waals surface area contributed by atoms with Gasteiger partial charge in [0.2, 0.25) is 11.8 Å². The molecular weight excluding hydrogens is 414 g/mol. The fourth-order valence-electron chi connectivity index (χ4n) is 3.84. The summed E-state index contributed by atoms with van der Waals surface area (Å²) in [5, 5.41) is 8.76. The molecule has 0 saturated carbocycles. The molecule has 0 radical (unpaired) electrons. The summed E-state index contributed by atoms with van der Waals surface area (Å²) >= 11 is 0. The predicted octanol–water partition coefficient (Wildman–Crippen LogP) is 4.59. The van der Waals surface area contributed by atoms with E-state index in [1.54, 1.807) is 0 Å². The lowest BCUT2D eigenvalue weighted by molar-refractivity contribution is -0.132. The van der Waals surface area contributed by atoms with Gasteiger partial charge in [-0.15, -0.1) is 0 Å². The van der Waals surface area contributed by atoms with Crippen molar-refractivity contribution in [2.45, 2.75) is 19.3 Å². The number of H-pyrrole nitrogens is 1. The smallest absolute Gasteiger partial charge is 0.243 e. The Bertz CT molecular complexity index is 1290. The maximum Gasteiger partial charge on any atom is 0.243 e. The Balaban J connectivity index is 1.14. The first-order chi connectivity index (χ1) is 16.2. The van der Waals surface area contributed by atoms with Crippen LogP contribution in [0.25, 0.3) is 22.4 Å². The van der Waals surface area contributed by atoms with Gasteiger partial charge in [0.15, 0.2) is 0 Å². The number of amides is 2. The summed E-state index contributed by atoms with van der Waals surface area (Å²) in [6, 6.07) is 25.2. The molecule has 164 valence electrons. The number of carbonyl (C=O) groups is 2. The van der Waals surface area contributed by atoms with E-state index in [9.17, 15) is 9.59 Å². The van der Waals surface area contributed by atoms with Crippen molar-refractivity contribution in [3.63, 3.8) is 0 Å².